The van der Waals surface area contributed by atoms with Gasteiger partial charge in [0.05, 0.1) is 0 Å². The van der Waals surface area contributed by atoms with Gasteiger partial charge in [-0.05, 0) is 37.0 Å². The lowest BCUT2D eigenvalue weighted by Crippen LogP contribution is -1.99. The maximum Gasteiger partial charge on any atom is 0.115 e. The van der Waals surface area contributed by atoms with Crippen LogP contribution in [0.1, 0.15) is 19.4 Å². The molecular formula is C12H16O. The van der Waals surface area contributed by atoms with Gasteiger partial charge in [-0.3, -0.25) is 0 Å². The number of allylic oxidation sites excluding steroid dienone is 1. The molecule has 1 atom stereocenters. The molecule has 0 aromatic heterocycles. The van der Waals surface area contributed by atoms with Crippen LogP contribution in [0.25, 0.3) is 0 Å². The van der Waals surface area contributed by atoms with Crippen molar-refractivity contribution < 1.29 is 5.11 Å². The van der Waals surface area contributed by atoms with Crippen molar-refractivity contribution in [1.29, 1.82) is 0 Å². The molecule has 70 valence electrons. The zero-order chi connectivity index (χ0) is 9.84. The zero-order valence-corrected chi connectivity index (χ0v) is 8.25. The van der Waals surface area contributed by atoms with Crippen LogP contribution in [0.4, 0.5) is 0 Å². The molecule has 0 aliphatic heterocycles. The molecule has 0 saturated carbocycles. The summed E-state index contributed by atoms with van der Waals surface area (Å²) < 4.78 is 0. The van der Waals surface area contributed by atoms with Gasteiger partial charge in [0.2, 0.25) is 0 Å². The van der Waals surface area contributed by atoms with Crippen LogP contribution in [0.5, 0.6) is 5.75 Å². The Hall–Kier alpha value is -1.24. The average molecular weight is 176 g/mol. The molecule has 0 radical (unpaired) electrons. The summed E-state index contributed by atoms with van der Waals surface area (Å²) in [4.78, 5) is 0. The summed E-state index contributed by atoms with van der Waals surface area (Å²) in [7, 11) is 0. The van der Waals surface area contributed by atoms with E-state index in [9.17, 15) is 0 Å². The first kappa shape index (κ1) is 9.85. The predicted molar refractivity (Wildman–Crippen MR) is 55.8 cm³/mol. The quantitative estimate of drug-likeness (QED) is 0.701. The fourth-order valence-corrected chi connectivity index (χ4v) is 1.16. The van der Waals surface area contributed by atoms with Gasteiger partial charge in [-0.25, -0.2) is 0 Å². The lowest BCUT2D eigenvalue weighted by Gasteiger charge is -2.10. The number of hydrogen-bond acceptors (Lipinski definition) is 1. The summed E-state index contributed by atoms with van der Waals surface area (Å²) in [6, 6.07) is 7.35. The van der Waals surface area contributed by atoms with Crippen molar-refractivity contribution in [2.24, 2.45) is 5.92 Å². The first-order valence-electron chi connectivity index (χ1n) is 4.53. The van der Waals surface area contributed by atoms with Gasteiger partial charge in [-0.2, -0.15) is 0 Å². The molecule has 0 aliphatic rings. The summed E-state index contributed by atoms with van der Waals surface area (Å²) >= 11 is 0. The van der Waals surface area contributed by atoms with Crippen LogP contribution in [-0.2, 0) is 6.42 Å². The Morgan fingerprint density at radius 2 is 1.92 bits per heavy atom. The molecule has 0 fully saturated rings. The third-order valence-electron chi connectivity index (χ3n) is 2.32. The van der Waals surface area contributed by atoms with Crippen LogP contribution in [0.15, 0.2) is 36.4 Å². The third kappa shape index (κ3) is 2.94. The molecule has 13 heavy (non-hydrogen) atoms. The molecule has 1 aromatic carbocycles. The lowest BCUT2D eigenvalue weighted by atomic mass is 9.96. The van der Waals surface area contributed by atoms with E-state index in [0.29, 0.717) is 11.7 Å². The largest absolute Gasteiger partial charge is 0.508 e. The highest BCUT2D eigenvalue weighted by Crippen LogP contribution is 2.16. The van der Waals surface area contributed by atoms with Crippen LogP contribution < -0.4 is 0 Å². The van der Waals surface area contributed by atoms with Crippen molar-refractivity contribution in [3.8, 4) is 5.75 Å². The second-order valence-electron chi connectivity index (χ2n) is 3.62. The molecule has 1 aromatic rings. The van der Waals surface area contributed by atoms with Gasteiger partial charge in [0.1, 0.15) is 5.75 Å². The second kappa shape index (κ2) is 4.13. The molecule has 0 saturated heterocycles. The highest BCUT2D eigenvalue weighted by molar-refractivity contribution is 5.26. The maximum absolute atomic E-state index is 9.08. The maximum atomic E-state index is 9.08. The number of benzene rings is 1. The number of hydrogen-bond donors (Lipinski definition) is 1. The minimum atomic E-state index is 0.326. The molecule has 0 bridgehead atoms. The van der Waals surface area contributed by atoms with Crippen molar-refractivity contribution in [3.05, 3.63) is 42.0 Å². The normalized spacial score (nSPS) is 12.5. The molecule has 0 heterocycles. The van der Waals surface area contributed by atoms with Crippen LogP contribution in [0, 0.1) is 5.92 Å². The summed E-state index contributed by atoms with van der Waals surface area (Å²) in [6.45, 7) is 8.13. The first-order chi connectivity index (χ1) is 6.09. The van der Waals surface area contributed by atoms with Gasteiger partial charge in [-0.1, -0.05) is 31.2 Å². The summed E-state index contributed by atoms with van der Waals surface area (Å²) in [6.07, 6.45) is 0.996. The monoisotopic (exact) mass is 176 g/mol. The molecule has 1 nitrogen and oxygen atoms in total. The topological polar surface area (TPSA) is 20.2 Å². The van der Waals surface area contributed by atoms with Gasteiger partial charge < -0.3 is 5.11 Å². The summed E-state index contributed by atoms with van der Waals surface area (Å²) in [5.41, 5.74) is 2.45. The van der Waals surface area contributed by atoms with E-state index in [0.717, 1.165) is 6.42 Å². The van der Waals surface area contributed by atoms with Crippen molar-refractivity contribution in [2.75, 3.05) is 0 Å². The molecule has 1 heteroatoms. The van der Waals surface area contributed by atoms with Gasteiger partial charge in [-0.15, -0.1) is 0 Å². The Labute approximate surface area is 79.7 Å². The molecule has 1 N–H and O–H groups in total. The number of phenols is 1. The predicted octanol–water partition coefficient (Wildman–Crippen LogP) is 3.15. The SMILES string of the molecule is C=C(C)[C@@H](C)Cc1ccc(O)cc1. The van der Waals surface area contributed by atoms with Crippen molar-refractivity contribution in [3.63, 3.8) is 0 Å². The van der Waals surface area contributed by atoms with E-state index in [1.165, 1.54) is 11.1 Å². The number of aromatic hydroxyl groups is 1. The minimum Gasteiger partial charge on any atom is -0.508 e. The molecule has 0 unspecified atom stereocenters. The van der Waals surface area contributed by atoms with Gasteiger partial charge in [0.15, 0.2) is 0 Å². The minimum absolute atomic E-state index is 0.326. The molecule has 0 aliphatic carbocycles. The van der Waals surface area contributed by atoms with Crippen molar-refractivity contribution in [2.45, 2.75) is 20.3 Å². The van der Waals surface area contributed by atoms with Crippen LogP contribution >= 0.6 is 0 Å². The Balaban J connectivity index is 2.64. The Morgan fingerprint density at radius 3 is 2.38 bits per heavy atom. The first-order valence-corrected chi connectivity index (χ1v) is 4.53. The molecule has 0 spiro atoms. The smallest absolute Gasteiger partial charge is 0.115 e. The second-order valence-corrected chi connectivity index (χ2v) is 3.62. The van der Waals surface area contributed by atoms with Crippen LogP contribution in [0.3, 0.4) is 0 Å². The summed E-state index contributed by atoms with van der Waals surface area (Å²) in [5.74, 6) is 0.830. The van der Waals surface area contributed by atoms with Crippen LogP contribution in [0.2, 0.25) is 0 Å². The zero-order valence-electron chi connectivity index (χ0n) is 8.25. The third-order valence-corrected chi connectivity index (χ3v) is 2.32. The highest BCUT2D eigenvalue weighted by atomic mass is 16.3. The lowest BCUT2D eigenvalue weighted by molar-refractivity contribution is 0.475. The standard InChI is InChI=1S/C12H16O/c1-9(2)10(3)8-11-4-6-12(13)7-5-11/h4-7,10,13H,1,8H2,2-3H3/t10-/m0/s1. The van der Waals surface area contributed by atoms with Gasteiger partial charge in [0.25, 0.3) is 0 Å². The van der Waals surface area contributed by atoms with Gasteiger partial charge in [0, 0.05) is 0 Å². The number of phenolic OH excluding ortho intramolecular Hbond substituents is 1. The average Bonchev–Trinajstić information content (AvgIpc) is 2.08. The van der Waals surface area contributed by atoms with Crippen molar-refractivity contribution >= 4 is 0 Å². The van der Waals surface area contributed by atoms with E-state index in [1.54, 1.807) is 12.1 Å². The Kier molecular flexibility index (Phi) is 3.13. The van der Waals surface area contributed by atoms with E-state index in [1.807, 2.05) is 19.1 Å². The molecule has 1 rings (SSSR count). The fraction of sp³-hybridized carbons (Fsp3) is 0.333. The van der Waals surface area contributed by atoms with Crippen molar-refractivity contribution in [1.82, 2.24) is 0 Å². The van der Waals surface area contributed by atoms with E-state index >= 15 is 0 Å². The van der Waals surface area contributed by atoms with E-state index in [2.05, 4.69) is 13.5 Å². The highest BCUT2D eigenvalue weighted by Gasteiger charge is 2.03. The van der Waals surface area contributed by atoms with Gasteiger partial charge >= 0.3 is 0 Å². The molecular weight excluding hydrogens is 160 g/mol. The molecule has 0 amide bonds. The Bertz CT molecular complexity index is 284. The van der Waals surface area contributed by atoms with E-state index in [4.69, 9.17) is 5.11 Å². The fourth-order valence-electron chi connectivity index (χ4n) is 1.16. The Morgan fingerprint density at radius 1 is 1.38 bits per heavy atom. The van der Waals surface area contributed by atoms with E-state index < -0.39 is 0 Å². The van der Waals surface area contributed by atoms with Crippen LogP contribution in [-0.4, -0.2) is 5.11 Å². The van der Waals surface area contributed by atoms with E-state index in [-0.39, 0.29) is 0 Å². The number of rotatable bonds is 3. The summed E-state index contributed by atoms with van der Waals surface area (Å²) in [5, 5.41) is 9.08.